The van der Waals surface area contributed by atoms with Gasteiger partial charge in [-0.25, -0.2) is 0 Å². The molecule has 0 amide bonds. The summed E-state index contributed by atoms with van der Waals surface area (Å²) in [5, 5.41) is -0.530. The first-order valence-electron chi connectivity index (χ1n) is 5.50. The van der Waals surface area contributed by atoms with Gasteiger partial charge in [0.15, 0.2) is 0 Å². The Kier molecular flexibility index (Phi) is 5.14. The largest absolute Gasteiger partial charge is 0.489 e. The van der Waals surface area contributed by atoms with Crippen molar-refractivity contribution in [3.63, 3.8) is 0 Å². The van der Waals surface area contributed by atoms with Crippen molar-refractivity contribution in [1.82, 2.24) is 0 Å². The second-order valence-corrected chi connectivity index (χ2v) is 5.18. The summed E-state index contributed by atoms with van der Waals surface area (Å²) in [6, 6.07) is 14.8. The summed E-state index contributed by atoms with van der Waals surface area (Å²) in [6.45, 7) is 0.460. The average Bonchev–Trinajstić information content (AvgIpc) is 2.45. The zero-order valence-electron chi connectivity index (χ0n) is 9.81. The van der Waals surface area contributed by atoms with Crippen LogP contribution in [0.1, 0.15) is 15.9 Å². The van der Waals surface area contributed by atoms with Gasteiger partial charge < -0.3 is 4.74 Å². The molecule has 19 heavy (non-hydrogen) atoms. The molecule has 0 aliphatic rings. The van der Waals surface area contributed by atoms with E-state index < -0.39 is 5.24 Å². The summed E-state index contributed by atoms with van der Waals surface area (Å²) in [5.41, 5.74) is 1.45. The molecule has 2 rings (SSSR count). The van der Waals surface area contributed by atoms with Crippen LogP contribution in [-0.2, 0) is 6.61 Å². The highest BCUT2D eigenvalue weighted by Crippen LogP contribution is 2.31. The third-order valence-electron chi connectivity index (χ3n) is 2.50. The van der Waals surface area contributed by atoms with Crippen LogP contribution in [0.4, 0.5) is 0 Å². The molecular formula is C14H10Cl2O2S. The Balaban J connectivity index is 2.11. The number of benzene rings is 2. The standard InChI is InChI=1S/C14H10Cl2O2S/c15-14(17)12-7-6-11(8-13(12)19-16)18-9-10-4-2-1-3-5-10/h1-8H,9H2. The summed E-state index contributed by atoms with van der Waals surface area (Å²) in [4.78, 5) is 11.8. The van der Waals surface area contributed by atoms with Gasteiger partial charge in [-0.05, 0) is 57.0 Å². The molecule has 0 unspecified atom stereocenters. The molecule has 2 aromatic rings. The molecule has 0 saturated carbocycles. The van der Waals surface area contributed by atoms with Gasteiger partial charge in [-0.15, -0.1) is 0 Å². The summed E-state index contributed by atoms with van der Waals surface area (Å²) >= 11 is 5.46. The minimum Gasteiger partial charge on any atom is -0.489 e. The van der Waals surface area contributed by atoms with E-state index in [1.54, 1.807) is 18.2 Å². The summed E-state index contributed by atoms with van der Waals surface area (Å²) in [6.07, 6.45) is 0. The quantitative estimate of drug-likeness (QED) is 0.735. The Morgan fingerprint density at radius 3 is 2.53 bits per heavy atom. The molecule has 0 N–H and O–H groups in total. The maximum atomic E-state index is 11.2. The van der Waals surface area contributed by atoms with Crippen LogP contribution in [0.3, 0.4) is 0 Å². The van der Waals surface area contributed by atoms with E-state index in [4.69, 9.17) is 27.0 Å². The maximum Gasteiger partial charge on any atom is 0.253 e. The van der Waals surface area contributed by atoms with Crippen LogP contribution in [0.5, 0.6) is 5.75 Å². The highest BCUT2D eigenvalue weighted by atomic mass is 35.7. The minimum absolute atomic E-state index is 0.383. The monoisotopic (exact) mass is 312 g/mol. The molecule has 2 nitrogen and oxygen atoms in total. The van der Waals surface area contributed by atoms with E-state index in [0.717, 1.165) is 16.5 Å². The molecule has 0 fully saturated rings. The zero-order valence-corrected chi connectivity index (χ0v) is 12.1. The molecule has 0 aliphatic carbocycles. The lowest BCUT2D eigenvalue weighted by Gasteiger charge is -2.08. The fourth-order valence-corrected chi connectivity index (χ4v) is 2.57. The fraction of sp³-hybridized carbons (Fsp3) is 0.0714. The van der Waals surface area contributed by atoms with Crippen molar-refractivity contribution >= 4 is 38.5 Å². The minimum atomic E-state index is -0.530. The van der Waals surface area contributed by atoms with Gasteiger partial charge in [0.25, 0.3) is 5.24 Å². The van der Waals surface area contributed by atoms with Gasteiger partial charge in [-0.3, -0.25) is 4.79 Å². The van der Waals surface area contributed by atoms with Gasteiger partial charge in [0.2, 0.25) is 0 Å². The molecule has 0 radical (unpaired) electrons. The van der Waals surface area contributed by atoms with Crippen LogP contribution in [0.25, 0.3) is 0 Å². The number of ether oxygens (including phenoxy) is 1. The Labute approximate surface area is 125 Å². The first kappa shape index (κ1) is 14.3. The third-order valence-corrected chi connectivity index (χ3v) is 3.70. The molecule has 0 atom stereocenters. The topological polar surface area (TPSA) is 26.3 Å². The molecule has 0 aromatic heterocycles. The predicted octanol–water partition coefficient (Wildman–Crippen LogP) is 4.89. The molecule has 0 heterocycles. The van der Waals surface area contributed by atoms with Crippen LogP contribution < -0.4 is 4.74 Å². The number of hydrogen-bond acceptors (Lipinski definition) is 3. The second-order valence-electron chi connectivity index (χ2n) is 3.78. The first-order chi connectivity index (χ1) is 9.20. The average molecular weight is 313 g/mol. The third kappa shape index (κ3) is 3.90. The van der Waals surface area contributed by atoms with Crippen molar-refractivity contribution in [2.45, 2.75) is 11.5 Å². The van der Waals surface area contributed by atoms with E-state index in [1.807, 2.05) is 30.3 Å². The van der Waals surface area contributed by atoms with Gasteiger partial charge in [-0.2, -0.15) is 0 Å². The Hall–Kier alpha value is -1.16. The Morgan fingerprint density at radius 1 is 1.16 bits per heavy atom. The lowest BCUT2D eigenvalue weighted by atomic mass is 10.2. The van der Waals surface area contributed by atoms with E-state index in [9.17, 15) is 4.79 Å². The van der Waals surface area contributed by atoms with Crippen LogP contribution in [0.2, 0.25) is 0 Å². The summed E-state index contributed by atoms with van der Waals surface area (Å²) in [5.74, 6) is 0.647. The molecular weight excluding hydrogens is 303 g/mol. The van der Waals surface area contributed by atoms with Gasteiger partial charge >= 0.3 is 0 Å². The zero-order chi connectivity index (χ0) is 13.7. The molecule has 2 aromatic carbocycles. The van der Waals surface area contributed by atoms with Crippen molar-refractivity contribution in [3.8, 4) is 5.75 Å². The first-order valence-corrected chi connectivity index (χ1v) is 7.52. The number of hydrogen-bond donors (Lipinski definition) is 0. The molecule has 0 saturated heterocycles. The summed E-state index contributed by atoms with van der Waals surface area (Å²) < 4.78 is 5.64. The van der Waals surface area contributed by atoms with Gasteiger partial charge in [0.05, 0.1) is 0 Å². The van der Waals surface area contributed by atoms with E-state index >= 15 is 0 Å². The fourth-order valence-electron chi connectivity index (χ4n) is 1.56. The van der Waals surface area contributed by atoms with E-state index in [0.29, 0.717) is 22.8 Å². The molecule has 0 bridgehead atoms. The Morgan fingerprint density at radius 2 is 1.89 bits per heavy atom. The lowest BCUT2D eigenvalue weighted by Crippen LogP contribution is -1.97. The number of carbonyl (C=O) groups excluding carboxylic acids is 1. The highest BCUT2D eigenvalue weighted by Gasteiger charge is 2.10. The lowest BCUT2D eigenvalue weighted by molar-refractivity contribution is 0.107. The molecule has 0 spiro atoms. The molecule has 0 aliphatic heterocycles. The second kappa shape index (κ2) is 6.85. The van der Waals surface area contributed by atoms with Crippen molar-refractivity contribution in [3.05, 3.63) is 59.7 Å². The normalized spacial score (nSPS) is 10.2. The van der Waals surface area contributed by atoms with E-state index in [-0.39, 0.29) is 0 Å². The van der Waals surface area contributed by atoms with Gasteiger partial charge in [0, 0.05) is 10.5 Å². The van der Waals surface area contributed by atoms with E-state index in [1.165, 1.54) is 0 Å². The van der Waals surface area contributed by atoms with Crippen LogP contribution >= 0.6 is 33.3 Å². The van der Waals surface area contributed by atoms with Crippen molar-refractivity contribution < 1.29 is 9.53 Å². The highest BCUT2D eigenvalue weighted by molar-refractivity contribution is 8.21. The van der Waals surface area contributed by atoms with E-state index in [2.05, 4.69) is 0 Å². The SMILES string of the molecule is O=C(Cl)c1ccc(OCc2ccccc2)cc1SCl. The number of halogens is 2. The molecule has 98 valence electrons. The number of rotatable bonds is 5. The van der Waals surface area contributed by atoms with Gasteiger partial charge in [0.1, 0.15) is 12.4 Å². The van der Waals surface area contributed by atoms with Crippen LogP contribution in [0, 0.1) is 0 Å². The Bertz CT molecular complexity index is 573. The van der Waals surface area contributed by atoms with Gasteiger partial charge in [-0.1, -0.05) is 30.3 Å². The predicted molar refractivity (Wildman–Crippen MR) is 79.1 cm³/mol. The number of carbonyl (C=O) groups is 1. The summed E-state index contributed by atoms with van der Waals surface area (Å²) in [7, 11) is 6.66. The van der Waals surface area contributed by atoms with Crippen molar-refractivity contribution in [1.29, 1.82) is 0 Å². The molecule has 5 heteroatoms. The van der Waals surface area contributed by atoms with Crippen LogP contribution in [0.15, 0.2) is 53.4 Å². The van der Waals surface area contributed by atoms with Crippen LogP contribution in [-0.4, -0.2) is 5.24 Å². The van der Waals surface area contributed by atoms with Crippen molar-refractivity contribution in [2.24, 2.45) is 0 Å². The maximum absolute atomic E-state index is 11.2. The van der Waals surface area contributed by atoms with Crippen molar-refractivity contribution in [2.75, 3.05) is 0 Å². The smallest absolute Gasteiger partial charge is 0.253 e.